The number of ether oxygens (including phenoxy) is 1. The third-order valence-corrected chi connectivity index (χ3v) is 1.98. The predicted molar refractivity (Wildman–Crippen MR) is 55.5 cm³/mol. The first-order chi connectivity index (χ1) is 5.61. The number of hydrogen-bond donors (Lipinski definition) is 0. The molecule has 66 valence electrons. The number of alkyl halides is 1. The average molecular weight is 270 g/mol. The molecule has 12 heavy (non-hydrogen) atoms. The molecule has 0 aliphatic rings. The molecule has 1 unspecified atom stereocenters. The van der Waals surface area contributed by atoms with E-state index in [1.54, 1.807) is 18.2 Å². The van der Waals surface area contributed by atoms with Gasteiger partial charge in [0.2, 0.25) is 0 Å². The Morgan fingerprint density at radius 3 is 2.25 bits per heavy atom. The highest BCUT2D eigenvalue weighted by Crippen LogP contribution is 2.33. The Labute approximate surface area is 89.7 Å². The van der Waals surface area contributed by atoms with E-state index in [0.29, 0.717) is 15.8 Å². The molecule has 0 radical (unpaired) electrons. The molecule has 0 fully saturated rings. The van der Waals surface area contributed by atoms with Crippen molar-refractivity contribution in [3.8, 4) is 5.75 Å². The molecule has 1 aromatic carbocycles. The Bertz CT molecular complexity index is 256. The Morgan fingerprint density at radius 2 is 1.83 bits per heavy atom. The summed E-state index contributed by atoms with van der Waals surface area (Å²) in [5, 5.41) is 0.942. The lowest BCUT2D eigenvalue weighted by Crippen LogP contribution is -2.02. The molecule has 0 amide bonds. The summed E-state index contributed by atoms with van der Waals surface area (Å²) in [6, 6.07) is 5.24. The van der Waals surface area contributed by atoms with E-state index in [-0.39, 0.29) is 5.01 Å². The molecule has 4 heteroatoms. The zero-order chi connectivity index (χ0) is 9.14. The number of rotatable bonds is 2. The fourth-order valence-corrected chi connectivity index (χ4v) is 1.43. The van der Waals surface area contributed by atoms with Crippen LogP contribution in [0.2, 0.25) is 10.0 Å². The topological polar surface area (TPSA) is 9.23 Å². The normalized spacial score (nSPS) is 12.7. The Morgan fingerprint density at radius 1 is 1.33 bits per heavy atom. The lowest BCUT2D eigenvalue weighted by atomic mass is 10.3. The first-order valence-corrected chi connectivity index (χ1v) is 5.03. The van der Waals surface area contributed by atoms with E-state index in [1.165, 1.54) is 0 Å². The summed E-state index contributed by atoms with van der Waals surface area (Å²) >= 11 is 14.9. The van der Waals surface area contributed by atoms with Gasteiger partial charge in [-0.2, -0.15) is 0 Å². The van der Waals surface area contributed by atoms with E-state index < -0.39 is 0 Å². The molecule has 0 heterocycles. The quantitative estimate of drug-likeness (QED) is 0.734. The van der Waals surface area contributed by atoms with Gasteiger partial charge in [0.25, 0.3) is 0 Å². The fourth-order valence-electron chi connectivity index (χ4n) is 0.758. The first-order valence-electron chi connectivity index (χ1n) is 3.36. The van der Waals surface area contributed by atoms with Crippen molar-refractivity contribution in [2.45, 2.75) is 11.9 Å². The number of para-hydroxylation sites is 1. The minimum atomic E-state index is -0.102. The molecule has 0 spiro atoms. The second-order valence-corrected chi connectivity index (χ2v) is 4.32. The largest absolute Gasteiger partial charge is 0.476 e. The average Bonchev–Trinajstić information content (AvgIpc) is 1.97. The highest BCUT2D eigenvalue weighted by Gasteiger charge is 2.08. The maximum atomic E-state index is 5.84. The van der Waals surface area contributed by atoms with Gasteiger partial charge in [0.05, 0.1) is 10.0 Å². The summed E-state index contributed by atoms with van der Waals surface area (Å²) in [5.74, 6) is 0.519. The van der Waals surface area contributed by atoms with E-state index in [2.05, 4.69) is 15.9 Å². The van der Waals surface area contributed by atoms with Crippen LogP contribution in [0.3, 0.4) is 0 Å². The summed E-state index contributed by atoms with van der Waals surface area (Å²) in [7, 11) is 0. The van der Waals surface area contributed by atoms with Crippen LogP contribution in [0.25, 0.3) is 0 Å². The molecule has 0 aromatic heterocycles. The van der Waals surface area contributed by atoms with Gasteiger partial charge in [-0.1, -0.05) is 29.3 Å². The molecule has 1 rings (SSSR count). The van der Waals surface area contributed by atoms with Crippen LogP contribution in [0.5, 0.6) is 5.75 Å². The van der Waals surface area contributed by atoms with Gasteiger partial charge >= 0.3 is 0 Å². The minimum Gasteiger partial charge on any atom is -0.476 e. The van der Waals surface area contributed by atoms with Crippen LogP contribution < -0.4 is 4.74 Å². The van der Waals surface area contributed by atoms with Crippen LogP contribution >= 0.6 is 39.1 Å². The van der Waals surface area contributed by atoms with Gasteiger partial charge in [-0.25, -0.2) is 0 Å². The molecule has 1 nitrogen and oxygen atoms in total. The maximum absolute atomic E-state index is 5.84. The summed E-state index contributed by atoms with van der Waals surface area (Å²) in [6.07, 6.45) is 0. The fraction of sp³-hybridized carbons (Fsp3) is 0.250. The monoisotopic (exact) mass is 268 g/mol. The highest BCUT2D eigenvalue weighted by atomic mass is 79.9. The van der Waals surface area contributed by atoms with Gasteiger partial charge in [0.15, 0.2) is 10.8 Å². The van der Waals surface area contributed by atoms with E-state index in [4.69, 9.17) is 27.9 Å². The Balaban J connectivity index is 2.96. The van der Waals surface area contributed by atoms with Gasteiger partial charge in [-0.05, 0) is 35.0 Å². The lowest BCUT2D eigenvalue weighted by Gasteiger charge is -2.10. The number of halogens is 3. The molecular formula is C8H7BrCl2O. The smallest absolute Gasteiger partial charge is 0.158 e. The lowest BCUT2D eigenvalue weighted by molar-refractivity contribution is 0.314. The molecule has 0 aliphatic carbocycles. The van der Waals surface area contributed by atoms with Gasteiger partial charge in [-0.15, -0.1) is 0 Å². The van der Waals surface area contributed by atoms with Crippen LogP contribution in [-0.2, 0) is 0 Å². The van der Waals surface area contributed by atoms with Crippen molar-refractivity contribution in [3.05, 3.63) is 28.2 Å². The SMILES string of the molecule is CC(Br)Oc1c(Cl)cccc1Cl. The van der Waals surface area contributed by atoms with E-state index >= 15 is 0 Å². The van der Waals surface area contributed by atoms with E-state index in [9.17, 15) is 0 Å². The Kier molecular flexibility index (Phi) is 3.69. The van der Waals surface area contributed by atoms with Crippen molar-refractivity contribution in [1.82, 2.24) is 0 Å². The van der Waals surface area contributed by atoms with Crippen molar-refractivity contribution in [2.75, 3.05) is 0 Å². The van der Waals surface area contributed by atoms with E-state index in [1.807, 2.05) is 6.92 Å². The third kappa shape index (κ3) is 2.54. The van der Waals surface area contributed by atoms with Crippen LogP contribution in [-0.4, -0.2) is 5.01 Å². The van der Waals surface area contributed by atoms with Crippen molar-refractivity contribution in [3.63, 3.8) is 0 Å². The third-order valence-electron chi connectivity index (χ3n) is 1.20. The van der Waals surface area contributed by atoms with Gasteiger partial charge < -0.3 is 4.74 Å². The number of hydrogen-bond acceptors (Lipinski definition) is 1. The van der Waals surface area contributed by atoms with Gasteiger partial charge in [-0.3, -0.25) is 0 Å². The van der Waals surface area contributed by atoms with Crippen LogP contribution in [0.4, 0.5) is 0 Å². The predicted octanol–water partition coefficient (Wildman–Crippen LogP) is 4.11. The summed E-state index contributed by atoms with van der Waals surface area (Å²) in [4.78, 5) is 0. The molecule has 0 N–H and O–H groups in total. The second-order valence-electron chi connectivity index (χ2n) is 2.21. The zero-order valence-corrected chi connectivity index (χ0v) is 9.45. The van der Waals surface area contributed by atoms with Gasteiger partial charge in [0, 0.05) is 0 Å². The van der Waals surface area contributed by atoms with E-state index in [0.717, 1.165) is 0 Å². The molecule has 0 bridgehead atoms. The van der Waals surface area contributed by atoms with Crippen molar-refractivity contribution >= 4 is 39.1 Å². The first kappa shape index (κ1) is 10.2. The highest BCUT2D eigenvalue weighted by molar-refractivity contribution is 9.09. The van der Waals surface area contributed by atoms with Crippen LogP contribution in [0, 0.1) is 0 Å². The molecule has 1 atom stereocenters. The molecule has 1 aromatic rings. The standard InChI is InChI=1S/C8H7BrCl2O/c1-5(9)12-8-6(10)3-2-4-7(8)11/h2-5H,1H3. The summed E-state index contributed by atoms with van der Waals surface area (Å²) in [6.45, 7) is 1.85. The zero-order valence-electron chi connectivity index (χ0n) is 6.35. The minimum absolute atomic E-state index is 0.102. The molecule has 0 saturated carbocycles. The Hall–Kier alpha value is 0.0800. The van der Waals surface area contributed by atoms with Crippen LogP contribution in [0.1, 0.15) is 6.92 Å². The van der Waals surface area contributed by atoms with Gasteiger partial charge in [0.1, 0.15) is 0 Å². The maximum Gasteiger partial charge on any atom is 0.158 e. The summed E-state index contributed by atoms with van der Waals surface area (Å²) in [5.41, 5.74) is 0. The second kappa shape index (κ2) is 4.35. The van der Waals surface area contributed by atoms with Crippen LogP contribution in [0.15, 0.2) is 18.2 Å². The van der Waals surface area contributed by atoms with Crippen molar-refractivity contribution in [2.24, 2.45) is 0 Å². The molecule has 0 saturated heterocycles. The van der Waals surface area contributed by atoms with Crippen molar-refractivity contribution in [1.29, 1.82) is 0 Å². The molecular weight excluding hydrogens is 263 g/mol. The number of benzene rings is 1. The molecule has 0 aliphatic heterocycles. The summed E-state index contributed by atoms with van der Waals surface area (Å²) < 4.78 is 5.33. The van der Waals surface area contributed by atoms with Crippen molar-refractivity contribution < 1.29 is 4.74 Å².